The van der Waals surface area contributed by atoms with E-state index < -0.39 is 10.3 Å². The molecule has 0 amide bonds. The topological polar surface area (TPSA) is 38.8 Å². The molecule has 0 radical (unpaired) electrons. The van der Waals surface area contributed by atoms with Crippen molar-refractivity contribution in [3.63, 3.8) is 0 Å². The minimum absolute atomic E-state index is 0.112. The van der Waals surface area contributed by atoms with Crippen molar-refractivity contribution in [3.05, 3.63) is 37.0 Å². The van der Waals surface area contributed by atoms with Crippen LogP contribution in [-0.4, -0.2) is 57.8 Å². The lowest BCUT2D eigenvalue weighted by molar-refractivity contribution is -0.157. The molecule has 5 aliphatic heterocycles. The van der Waals surface area contributed by atoms with E-state index in [2.05, 4.69) is 30.2 Å². The normalized spacial score (nSPS) is 44.6. The Kier molecular flexibility index (Phi) is 4.85. The van der Waals surface area contributed by atoms with Crippen LogP contribution < -0.4 is 0 Å². The van der Waals surface area contributed by atoms with Gasteiger partial charge in [-0.2, -0.15) is 0 Å². The first-order valence-electron chi connectivity index (χ1n) is 11.5. The second kappa shape index (κ2) is 6.98. The molecule has 164 valence electrons. The Morgan fingerprint density at radius 2 is 2.17 bits per heavy atom. The maximum absolute atomic E-state index is 13.1. The van der Waals surface area contributed by atoms with E-state index in [4.69, 9.17) is 9.47 Å². The highest BCUT2D eigenvalue weighted by molar-refractivity contribution is 8.01. The Hall–Kier alpha value is -1.04. The van der Waals surface area contributed by atoms with Gasteiger partial charge >= 0.3 is 5.97 Å². The average Bonchev–Trinajstić information content (AvgIpc) is 3.39. The van der Waals surface area contributed by atoms with E-state index >= 15 is 0 Å². The fourth-order valence-corrected chi connectivity index (χ4v) is 8.06. The van der Waals surface area contributed by atoms with E-state index in [0.717, 1.165) is 18.7 Å². The van der Waals surface area contributed by atoms with Gasteiger partial charge in [-0.05, 0) is 58.4 Å². The molecule has 0 saturated carbocycles. The Morgan fingerprint density at radius 1 is 1.37 bits per heavy atom. The molecule has 30 heavy (non-hydrogen) atoms. The van der Waals surface area contributed by atoms with Crippen LogP contribution in [-0.2, 0) is 14.3 Å². The third kappa shape index (κ3) is 3.15. The fourth-order valence-electron chi connectivity index (χ4n) is 6.54. The SMILES string of the molecule is C=C[C@]1(CN2C3CCCC2C2CC4C=C3C2O4)CS[C@@](C=C)(C(=O)OC(C)(C)C)C1. The van der Waals surface area contributed by atoms with Gasteiger partial charge in [-0.3, -0.25) is 9.69 Å². The third-order valence-corrected chi connectivity index (χ3v) is 9.55. The summed E-state index contributed by atoms with van der Waals surface area (Å²) in [5.74, 6) is 1.35. The van der Waals surface area contributed by atoms with Crippen molar-refractivity contribution < 1.29 is 14.3 Å². The van der Waals surface area contributed by atoms with E-state index in [9.17, 15) is 4.79 Å². The smallest absolute Gasteiger partial charge is 0.326 e. The van der Waals surface area contributed by atoms with Crippen molar-refractivity contribution in [2.24, 2.45) is 11.3 Å². The largest absolute Gasteiger partial charge is 0.459 e. The zero-order valence-corrected chi connectivity index (χ0v) is 19.4. The Morgan fingerprint density at radius 3 is 2.83 bits per heavy atom. The summed E-state index contributed by atoms with van der Waals surface area (Å²) >= 11 is 1.69. The number of hydrogen-bond acceptors (Lipinski definition) is 5. The van der Waals surface area contributed by atoms with Crippen LogP contribution in [0, 0.1) is 11.3 Å². The Bertz CT molecular complexity index is 801. The maximum atomic E-state index is 13.1. The first kappa shape index (κ1) is 20.8. The number of ether oxygens (including phenoxy) is 2. The lowest BCUT2D eigenvalue weighted by Crippen LogP contribution is -2.61. The predicted octanol–water partition coefficient (Wildman–Crippen LogP) is 4.51. The average molecular weight is 430 g/mol. The number of nitrogens with zero attached hydrogens (tertiary/aromatic N) is 1. The monoisotopic (exact) mass is 429 g/mol. The van der Waals surface area contributed by atoms with Crippen molar-refractivity contribution >= 4 is 17.7 Å². The summed E-state index contributed by atoms with van der Waals surface area (Å²) in [5, 5.41) is 0. The molecule has 5 unspecified atom stereocenters. The Labute approximate surface area is 185 Å². The molecule has 4 bridgehead atoms. The third-order valence-electron chi connectivity index (χ3n) is 7.84. The number of carbonyl (C=O) groups excluding carboxylic acids is 1. The quantitative estimate of drug-likeness (QED) is 0.475. The summed E-state index contributed by atoms with van der Waals surface area (Å²) in [6.07, 6.45) is 12.8. The van der Waals surface area contributed by atoms with Gasteiger partial charge in [0.25, 0.3) is 0 Å². The lowest BCUT2D eigenvalue weighted by atomic mass is 9.68. The summed E-state index contributed by atoms with van der Waals surface area (Å²) in [6.45, 7) is 15.0. The van der Waals surface area contributed by atoms with Crippen molar-refractivity contribution in [2.75, 3.05) is 12.3 Å². The second-order valence-electron chi connectivity index (χ2n) is 11.0. The van der Waals surface area contributed by atoms with Crippen LogP contribution in [0.25, 0.3) is 0 Å². The predicted molar refractivity (Wildman–Crippen MR) is 121 cm³/mol. The molecule has 0 aromatic heterocycles. The number of hydrogen-bond donors (Lipinski definition) is 0. The standard InChI is InChI=1S/C25H35NO3S/c1-6-24(13-25(7-2,30-15-24)22(27)29-23(3,4)5)14-26-19-9-8-10-20(26)18-12-16-11-17(19)21(18)28-16/h6-7,11,16,18-21H,1-2,8-10,12-15H2,3-5H3/t16?,18?,19?,20?,21?,24-,25+/m0/s1. The molecule has 0 aromatic rings. The summed E-state index contributed by atoms with van der Waals surface area (Å²) < 4.78 is 11.4. The van der Waals surface area contributed by atoms with Crippen LogP contribution in [0.2, 0.25) is 0 Å². The minimum Gasteiger partial charge on any atom is -0.459 e. The summed E-state index contributed by atoms with van der Waals surface area (Å²) in [6, 6.07) is 1.09. The van der Waals surface area contributed by atoms with Crippen LogP contribution in [0.3, 0.4) is 0 Å². The summed E-state index contributed by atoms with van der Waals surface area (Å²) in [4.78, 5) is 15.9. The Balaban J connectivity index is 1.39. The molecule has 5 aliphatic rings. The summed E-state index contributed by atoms with van der Waals surface area (Å²) in [7, 11) is 0. The van der Waals surface area contributed by atoms with Gasteiger partial charge in [0.15, 0.2) is 0 Å². The highest BCUT2D eigenvalue weighted by Gasteiger charge is 2.58. The molecule has 0 aliphatic carbocycles. The van der Waals surface area contributed by atoms with Crippen LogP contribution in [0.15, 0.2) is 37.0 Å². The number of esters is 1. The van der Waals surface area contributed by atoms with E-state index in [-0.39, 0.29) is 11.4 Å². The molecular formula is C25H35NO3S. The number of carbonyl (C=O) groups is 1. The molecule has 0 N–H and O–H groups in total. The highest BCUT2D eigenvalue weighted by atomic mass is 32.2. The molecule has 4 fully saturated rings. The number of thioether (sulfide) groups is 1. The molecule has 5 rings (SSSR count). The van der Waals surface area contributed by atoms with Crippen molar-refractivity contribution in [3.8, 4) is 0 Å². The molecular weight excluding hydrogens is 394 g/mol. The van der Waals surface area contributed by atoms with Gasteiger partial charge in [0.1, 0.15) is 10.3 Å². The van der Waals surface area contributed by atoms with Crippen LogP contribution in [0.4, 0.5) is 0 Å². The molecule has 5 heteroatoms. The lowest BCUT2D eigenvalue weighted by Gasteiger charge is -2.54. The highest BCUT2D eigenvalue weighted by Crippen LogP contribution is 2.56. The van der Waals surface area contributed by atoms with Crippen molar-refractivity contribution in [2.45, 2.75) is 87.5 Å². The van der Waals surface area contributed by atoms with Crippen LogP contribution in [0.1, 0.15) is 52.9 Å². The first-order valence-corrected chi connectivity index (χ1v) is 12.5. The molecule has 4 nitrogen and oxygen atoms in total. The van der Waals surface area contributed by atoms with Gasteiger partial charge in [-0.25, -0.2) is 0 Å². The fraction of sp³-hybridized carbons (Fsp3) is 0.720. The zero-order valence-electron chi connectivity index (χ0n) is 18.6. The van der Waals surface area contributed by atoms with Gasteiger partial charge in [0, 0.05) is 35.7 Å². The van der Waals surface area contributed by atoms with Crippen LogP contribution >= 0.6 is 11.8 Å². The first-order chi connectivity index (χ1) is 14.2. The number of rotatable bonds is 5. The molecule has 0 aromatic carbocycles. The van der Waals surface area contributed by atoms with E-state index in [0.29, 0.717) is 30.2 Å². The van der Waals surface area contributed by atoms with E-state index in [1.54, 1.807) is 17.3 Å². The van der Waals surface area contributed by atoms with Gasteiger partial charge in [-0.1, -0.05) is 18.2 Å². The van der Waals surface area contributed by atoms with E-state index in [1.165, 1.54) is 25.7 Å². The van der Waals surface area contributed by atoms with Crippen molar-refractivity contribution in [1.29, 1.82) is 0 Å². The van der Waals surface area contributed by atoms with Crippen molar-refractivity contribution in [1.82, 2.24) is 4.90 Å². The van der Waals surface area contributed by atoms with Gasteiger partial charge < -0.3 is 9.47 Å². The molecule has 7 atom stereocenters. The second-order valence-corrected chi connectivity index (χ2v) is 12.3. The maximum Gasteiger partial charge on any atom is 0.326 e. The van der Waals surface area contributed by atoms with Crippen LogP contribution in [0.5, 0.6) is 0 Å². The minimum atomic E-state index is -0.688. The van der Waals surface area contributed by atoms with Gasteiger partial charge in [0.2, 0.25) is 0 Å². The number of fused-ring (bicyclic) bond motifs is 5. The van der Waals surface area contributed by atoms with Gasteiger partial charge in [-0.15, -0.1) is 24.9 Å². The molecule has 4 saturated heterocycles. The zero-order chi connectivity index (χ0) is 21.3. The molecule has 5 heterocycles. The van der Waals surface area contributed by atoms with Gasteiger partial charge in [0.05, 0.1) is 12.2 Å². The molecule has 0 spiro atoms. The van der Waals surface area contributed by atoms with E-state index in [1.807, 2.05) is 26.8 Å². The summed E-state index contributed by atoms with van der Waals surface area (Å²) in [5.41, 5.74) is 0.931. The number of piperidine rings is 2.